The molecule has 1 aliphatic carbocycles. The predicted octanol–water partition coefficient (Wildman–Crippen LogP) is 1.77. The number of carbonyl (C=O) groups excluding carboxylic acids is 1. The number of quaternary nitrogens is 1. The van der Waals surface area contributed by atoms with Crippen molar-refractivity contribution in [2.75, 3.05) is 6.54 Å². The van der Waals surface area contributed by atoms with Crippen molar-refractivity contribution in [1.29, 1.82) is 5.26 Å². The molecule has 1 aromatic carbocycles. The third-order valence-electron chi connectivity index (χ3n) is 4.08. The molecule has 5 heteroatoms. The Morgan fingerprint density at radius 2 is 2.24 bits per heavy atom. The maximum absolute atomic E-state index is 12.0. The van der Waals surface area contributed by atoms with Crippen molar-refractivity contribution >= 4 is 17.5 Å². The van der Waals surface area contributed by atoms with Crippen LogP contribution in [0, 0.1) is 17.2 Å². The number of carbonyl (C=O) groups is 1. The van der Waals surface area contributed by atoms with Crippen LogP contribution < -0.4 is 10.6 Å². The molecule has 1 amide bonds. The zero-order chi connectivity index (χ0) is 15.5. The molecule has 0 spiro atoms. The van der Waals surface area contributed by atoms with Crippen molar-refractivity contribution in [1.82, 2.24) is 5.32 Å². The number of nitrogens with two attached hydrogens (primary N) is 1. The summed E-state index contributed by atoms with van der Waals surface area (Å²) in [5.41, 5.74) is 0.288. The van der Waals surface area contributed by atoms with Gasteiger partial charge in [-0.3, -0.25) is 4.79 Å². The first-order valence-electron chi connectivity index (χ1n) is 7.26. The molecule has 1 aromatic rings. The number of nitrogens with zero attached hydrogens (tertiary/aromatic N) is 1. The van der Waals surface area contributed by atoms with Gasteiger partial charge in [-0.15, -0.1) is 0 Å². The summed E-state index contributed by atoms with van der Waals surface area (Å²) in [5, 5.41) is 14.7. The van der Waals surface area contributed by atoms with Crippen molar-refractivity contribution in [2.24, 2.45) is 5.92 Å². The molecule has 112 valence electrons. The standard InChI is InChI=1S/C16H20ClN3O/c1-11(13-5-3-4-6-14(13)17)19-9-15(21)20-16(2,10-18)12-7-8-12/h3-6,11-12,19H,7-9H2,1-2H3,(H,20,21)/p+1/t11-,16+/m1/s1. The topological polar surface area (TPSA) is 69.5 Å². The zero-order valence-corrected chi connectivity index (χ0v) is 13.2. The van der Waals surface area contributed by atoms with Gasteiger partial charge in [0.05, 0.1) is 6.07 Å². The first kappa shape index (κ1) is 15.8. The molecule has 21 heavy (non-hydrogen) atoms. The summed E-state index contributed by atoms with van der Waals surface area (Å²) in [6, 6.07) is 9.96. The maximum Gasteiger partial charge on any atom is 0.276 e. The molecule has 2 atom stereocenters. The first-order chi connectivity index (χ1) is 9.96. The molecule has 0 heterocycles. The van der Waals surface area contributed by atoms with E-state index in [1.807, 2.05) is 36.5 Å². The van der Waals surface area contributed by atoms with Crippen LogP contribution >= 0.6 is 11.6 Å². The third-order valence-corrected chi connectivity index (χ3v) is 4.42. The van der Waals surface area contributed by atoms with Gasteiger partial charge in [0.2, 0.25) is 0 Å². The lowest BCUT2D eigenvalue weighted by Gasteiger charge is -2.22. The quantitative estimate of drug-likeness (QED) is 0.841. The van der Waals surface area contributed by atoms with E-state index in [-0.39, 0.29) is 18.5 Å². The lowest BCUT2D eigenvalue weighted by Crippen LogP contribution is -2.87. The minimum absolute atomic E-state index is 0.0960. The van der Waals surface area contributed by atoms with Crippen molar-refractivity contribution in [2.45, 2.75) is 38.3 Å². The maximum atomic E-state index is 12.0. The van der Waals surface area contributed by atoms with Gasteiger partial charge in [0.1, 0.15) is 11.6 Å². The summed E-state index contributed by atoms with van der Waals surface area (Å²) < 4.78 is 0. The van der Waals surface area contributed by atoms with E-state index in [0.29, 0.717) is 10.9 Å². The largest absolute Gasteiger partial charge is 0.333 e. The number of rotatable bonds is 6. The Morgan fingerprint density at radius 1 is 1.57 bits per heavy atom. The fraction of sp³-hybridized carbons (Fsp3) is 0.500. The summed E-state index contributed by atoms with van der Waals surface area (Å²) in [5.74, 6) is 0.192. The number of nitrogens with one attached hydrogen (secondary N) is 1. The van der Waals surface area contributed by atoms with Crippen LogP contribution in [0.15, 0.2) is 24.3 Å². The fourth-order valence-electron chi connectivity index (χ4n) is 2.48. The van der Waals surface area contributed by atoms with Crippen molar-refractivity contribution in [3.05, 3.63) is 34.9 Å². The molecule has 4 nitrogen and oxygen atoms in total. The number of benzene rings is 1. The number of hydrogen-bond acceptors (Lipinski definition) is 2. The normalized spacial score (nSPS) is 18.4. The molecular formula is C16H21ClN3O+. The van der Waals surface area contributed by atoms with E-state index in [2.05, 4.69) is 11.4 Å². The Balaban J connectivity index is 1.87. The Morgan fingerprint density at radius 3 is 2.81 bits per heavy atom. The molecule has 0 radical (unpaired) electrons. The highest BCUT2D eigenvalue weighted by Gasteiger charge is 2.43. The molecule has 0 aliphatic heterocycles. The minimum Gasteiger partial charge on any atom is -0.333 e. The van der Waals surface area contributed by atoms with Crippen LogP contribution in [0.3, 0.4) is 0 Å². The summed E-state index contributed by atoms with van der Waals surface area (Å²) in [6.45, 7) is 4.11. The fourth-order valence-corrected chi connectivity index (χ4v) is 2.79. The number of amides is 1. The summed E-state index contributed by atoms with van der Waals surface area (Å²) in [4.78, 5) is 12.0. The molecular weight excluding hydrogens is 286 g/mol. The van der Waals surface area contributed by atoms with Gasteiger partial charge in [-0.25, -0.2) is 0 Å². The second kappa shape index (κ2) is 6.46. The van der Waals surface area contributed by atoms with E-state index in [4.69, 9.17) is 11.6 Å². The van der Waals surface area contributed by atoms with Crippen LogP contribution in [0.2, 0.25) is 5.02 Å². The zero-order valence-electron chi connectivity index (χ0n) is 12.4. The molecule has 1 aliphatic rings. The summed E-state index contributed by atoms with van der Waals surface area (Å²) in [7, 11) is 0. The van der Waals surface area contributed by atoms with Crippen molar-refractivity contribution in [3.63, 3.8) is 0 Å². The van der Waals surface area contributed by atoms with Crippen LogP contribution in [0.5, 0.6) is 0 Å². The van der Waals surface area contributed by atoms with Gasteiger partial charge in [0, 0.05) is 10.6 Å². The molecule has 1 saturated carbocycles. The van der Waals surface area contributed by atoms with E-state index in [0.717, 1.165) is 18.4 Å². The molecule has 3 N–H and O–H groups in total. The Kier molecular flexibility index (Phi) is 4.87. The SMILES string of the molecule is C[C@@H]([NH2+]CC(=O)N[C@@](C)(C#N)C1CC1)c1ccccc1Cl. The summed E-state index contributed by atoms with van der Waals surface area (Å²) in [6.07, 6.45) is 2.04. The van der Waals surface area contributed by atoms with Crippen LogP contribution in [-0.2, 0) is 4.79 Å². The number of nitriles is 1. The van der Waals surface area contributed by atoms with E-state index < -0.39 is 5.54 Å². The smallest absolute Gasteiger partial charge is 0.276 e. The van der Waals surface area contributed by atoms with Crippen molar-refractivity contribution in [3.8, 4) is 6.07 Å². The van der Waals surface area contributed by atoms with Crippen LogP contribution in [0.1, 0.15) is 38.3 Å². The van der Waals surface area contributed by atoms with Gasteiger partial charge in [-0.1, -0.05) is 29.8 Å². The number of hydrogen-bond donors (Lipinski definition) is 2. The Labute approximate surface area is 130 Å². The highest BCUT2D eigenvalue weighted by atomic mass is 35.5. The van der Waals surface area contributed by atoms with Crippen LogP contribution in [0.25, 0.3) is 0 Å². The van der Waals surface area contributed by atoms with E-state index >= 15 is 0 Å². The summed E-state index contributed by atoms with van der Waals surface area (Å²) >= 11 is 6.15. The van der Waals surface area contributed by atoms with Gasteiger partial charge >= 0.3 is 0 Å². The number of halogens is 1. The van der Waals surface area contributed by atoms with Crippen LogP contribution in [0.4, 0.5) is 0 Å². The molecule has 0 saturated heterocycles. The average Bonchev–Trinajstić information content (AvgIpc) is 3.30. The monoisotopic (exact) mass is 306 g/mol. The lowest BCUT2D eigenvalue weighted by atomic mass is 9.98. The third kappa shape index (κ3) is 3.96. The molecule has 1 fully saturated rings. The van der Waals surface area contributed by atoms with Gasteiger partial charge < -0.3 is 10.6 Å². The van der Waals surface area contributed by atoms with Gasteiger partial charge in [-0.05, 0) is 38.7 Å². The van der Waals surface area contributed by atoms with Gasteiger partial charge in [0.25, 0.3) is 5.91 Å². The Hall–Kier alpha value is -1.57. The van der Waals surface area contributed by atoms with E-state index in [9.17, 15) is 10.1 Å². The highest BCUT2D eigenvalue weighted by molar-refractivity contribution is 6.31. The Bertz CT molecular complexity index is 565. The van der Waals surface area contributed by atoms with Crippen LogP contribution in [-0.4, -0.2) is 18.0 Å². The average molecular weight is 307 g/mol. The molecule has 0 bridgehead atoms. The predicted molar refractivity (Wildman–Crippen MR) is 81.5 cm³/mol. The highest BCUT2D eigenvalue weighted by Crippen LogP contribution is 2.39. The van der Waals surface area contributed by atoms with Gasteiger partial charge in [0.15, 0.2) is 6.54 Å². The second-order valence-corrected chi connectivity index (χ2v) is 6.29. The molecule has 2 rings (SSSR count). The molecule has 0 unspecified atom stereocenters. The second-order valence-electron chi connectivity index (χ2n) is 5.89. The van der Waals surface area contributed by atoms with E-state index in [1.54, 1.807) is 6.92 Å². The van der Waals surface area contributed by atoms with E-state index in [1.165, 1.54) is 0 Å². The minimum atomic E-state index is -0.724. The van der Waals surface area contributed by atoms with Gasteiger partial charge in [-0.2, -0.15) is 5.26 Å². The first-order valence-corrected chi connectivity index (χ1v) is 7.64. The molecule has 0 aromatic heterocycles. The lowest BCUT2D eigenvalue weighted by molar-refractivity contribution is -0.682. The van der Waals surface area contributed by atoms with Crippen molar-refractivity contribution < 1.29 is 10.1 Å².